The molecule has 5 heteroatoms. The third-order valence-corrected chi connectivity index (χ3v) is 2.29. The number of nitrogens with two attached hydrogens (primary N) is 1. The first-order valence-electron chi connectivity index (χ1n) is 5.40. The van der Waals surface area contributed by atoms with Gasteiger partial charge in [0.05, 0.1) is 5.52 Å². The van der Waals surface area contributed by atoms with Gasteiger partial charge in [-0.25, -0.2) is 0 Å². The highest BCUT2D eigenvalue weighted by Gasteiger charge is 2.05. The Morgan fingerprint density at radius 3 is 2.71 bits per heavy atom. The van der Waals surface area contributed by atoms with Crippen molar-refractivity contribution in [2.75, 3.05) is 5.32 Å². The minimum atomic E-state index is -0.568. The summed E-state index contributed by atoms with van der Waals surface area (Å²) >= 11 is 0. The molecule has 3 N–H and O–H groups in total. The summed E-state index contributed by atoms with van der Waals surface area (Å²) in [5.74, 6) is -0.568. The van der Waals surface area contributed by atoms with Crippen molar-refractivity contribution in [1.82, 2.24) is 10.2 Å². The van der Waals surface area contributed by atoms with Crippen LogP contribution in [0.1, 0.15) is 24.3 Å². The summed E-state index contributed by atoms with van der Waals surface area (Å²) in [5, 5.41) is 11.8. The van der Waals surface area contributed by atoms with Crippen LogP contribution in [0.3, 0.4) is 0 Å². The Balaban J connectivity index is 2.47. The lowest BCUT2D eigenvalue weighted by Crippen LogP contribution is -2.13. The molecular formula is C12H14N4O. The van der Waals surface area contributed by atoms with Crippen molar-refractivity contribution in [3.8, 4) is 0 Å². The minimum absolute atomic E-state index is 0.180. The van der Waals surface area contributed by atoms with Gasteiger partial charge in [-0.1, -0.05) is 0 Å². The molecule has 0 spiro atoms. The number of fused-ring (bicyclic) bond motifs is 1. The van der Waals surface area contributed by atoms with E-state index in [-0.39, 0.29) is 5.69 Å². The lowest BCUT2D eigenvalue weighted by atomic mass is 10.2. The van der Waals surface area contributed by atoms with Crippen LogP contribution >= 0.6 is 0 Å². The molecule has 1 heterocycles. The molecule has 0 aliphatic rings. The summed E-state index contributed by atoms with van der Waals surface area (Å²) < 4.78 is 0. The van der Waals surface area contributed by atoms with Gasteiger partial charge in [-0.3, -0.25) is 4.79 Å². The monoisotopic (exact) mass is 230 g/mol. The molecule has 0 saturated carbocycles. The van der Waals surface area contributed by atoms with Crippen LogP contribution in [0, 0.1) is 0 Å². The Morgan fingerprint density at radius 2 is 2.06 bits per heavy atom. The molecular weight excluding hydrogens is 216 g/mol. The lowest BCUT2D eigenvalue weighted by Gasteiger charge is -2.10. The average molecular weight is 230 g/mol. The second kappa shape index (κ2) is 4.37. The van der Waals surface area contributed by atoms with Crippen LogP contribution in [0.15, 0.2) is 24.3 Å². The van der Waals surface area contributed by atoms with Crippen LogP contribution in [0.4, 0.5) is 5.69 Å². The molecule has 1 aromatic heterocycles. The predicted molar refractivity (Wildman–Crippen MR) is 66.8 cm³/mol. The van der Waals surface area contributed by atoms with Gasteiger partial charge in [0, 0.05) is 17.1 Å². The maximum atomic E-state index is 11.0. The molecule has 17 heavy (non-hydrogen) atoms. The Kier molecular flexibility index (Phi) is 2.91. The molecule has 0 unspecified atom stereocenters. The number of amides is 1. The zero-order valence-electron chi connectivity index (χ0n) is 9.77. The number of anilines is 1. The maximum absolute atomic E-state index is 11.0. The third kappa shape index (κ3) is 2.50. The number of carbonyl (C=O) groups is 1. The first kappa shape index (κ1) is 11.3. The van der Waals surface area contributed by atoms with Gasteiger partial charge in [0.1, 0.15) is 0 Å². The Labute approximate surface area is 99.0 Å². The van der Waals surface area contributed by atoms with Crippen LogP contribution in [-0.2, 0) is 0 Å². The van der Waals surface area contributed by atoms with E-state index in [1.807, 2.05) is 18.2 Å². The zero-order valence-corrected chi connectivity index (χ0v) is 9.77. The van der Waals surface area contributed by atoms with Crippen LogP contribution in [0.5, 0.6) is 0 Å². The quantitative estimate of drug-likeness (QED) is 0.838. The molecule has 1 amide bonds. The Morgan fingerprint density at radius 1 is 1.29 bits per heavy atom. The van der Waals surface area contributed by atoms with Gasteiger partial charge in [0.2, 0.25) is 0 Å². The number of nitrogens with one attached hydrogen (secondary N) is 1. The van der Waals surface area contributed by atoms with Crippen LogP contribution in [0.2, 0.25) is 0 Å². The number of hydrogen-bond acceptors (Lipinski definition) is 4. The molecule has 2 aromatic rings. The van der Waals surface area contributed by atoms with Crippen molar-refractivity contribution in [2.24, 2.45) is 5.73 Å². The topological polar surface area (TPSA) is 80.9 Å². The van der Waals surface area contributed by atoms with Crippen LogP contribution < -0.4 is 11.1 Å². The van der Waals surface area contributed by atoms with E-state index in [0.717, 1.165) is 16.6 Å². The molecule has 0 aliphatic carbocycles. The Hall–Kier alpha value is -2.17. The van der Waals surface area contributed by atoms with Crippen molar-refractivity contribution in [3.63, 3.8) is 0 Å². The summed E-state index contributed by atoms with van der Waals surface area (Å²) in [6, 6.07) is 7.71. The number of carbonyl (C=O) groups excluding carboxylic acids is 1. The highest BCUT2D eigenvalue weighted by molar-refractivity contribution is 5.94. The van der Waals surface area contributed by atoms with Gasteiger partial charge < -0.3 is 11.1 Å². The third-order valence-electron chi connectivity index (χ3n) is 2.29. The summed E-state index contributed by atoms with van der Waals surface area (Å²) in [6.45, 7) is 4.12. The van der Waals surface area contributed by atoms with E-state index in [1.165, 1.54) is 0 Å². The van der Waals surface area contributed by atoms with Crippen molar-refractivity contribution in [2.45, 2.75) is 19.9 Å². The second-order valence-corrected chi connectivity index (χ2v) is 4.17. The first-order chi connectivity index (χ1) is 8.06. The molecule has 0 aliphatic heterocycles. The van der Waals surface area contributed by atoms with E-state index >= 15 is 0 Å². The van der Waals surface area contributed by atoms with Gasteiger partial charge in [0.25, 0.3) is 5.91 Å². The normalized spacial score (nSPS) is 10.8. The van der Waals surface area contributed by atoms with Gasteiger partial charge in [0.15, 0.2) is 5.69 Å². The molecule has 0 fully saturated rings. The molecule has 0 atom stereocenters. The van der Waals surface area contributed by atoms with E-state index < -0.39 is 5.91 Å². The van der Waals surface area contributed by atoms with Crippen molar-refractivity contribution < 1.29 is 4.79 Å². The molecule has 0 saturated heterocycles. The smallest absolute Gasteiger partial charge is 0.269 e. The molecule has 0 bridgehead atoms. The van der Waals surface area contributed by atoms with Crippen LogP contribution in [0.25, 0.3) is 10.9 Å². The van der Waals surface area contributed by atoms with Gasteiger partial charge in [-0.2, -0.15) is 0 Å². The van der Waals surface area contributed by atoms with E-state index in [9.17, 15) is 4.79 Å². The molecule has 5 nitrogen and oxygen atoms in total. The zero-order chi connectivity index (χ0) is 12.4. The largest absolute Gasteiger partial charge is 0.383 e. The fourth-order valence-electron chi connectivity index (χ4n) is 1.59. The lowest BCUT2D eigenvalue weighted by molar-refractivity contribution is 0.0995. The summed E-state index contributed by atoms with van der Waals surface area (Å²) in [4.78, 5) is 11.0. The van der Waals surface area contributed by atoms with Gasteiger partial charge in [-0.05, 0) is 38.1 Å². The first-order valence-corrected chi connectivity index (χ1v) is 5.40. The molecule has 1 aromatic carbocycles. The summed E-state index contributed by atoms with van der Waals surface area (Å²) in [6.07, 6.45) is 0. The molecule has 2 rings (SSSR count). The van der Waals surface area contributed by atoms with Gasteiger partial charge in [-0.15, -0.1) is 10.2 Å². The van der Waals surface area contributed by atoms with Crippen molar-refractivity contribution in [1.29, 1.82) is 0 Å². The number of benzene rings is 1. The highest BCUT2D eigenvalue weighted by Crippen LogP contribution is 2.18. The Bertz CT molecular complexity index is 565. The van der Waals surface area contributed by atoms with E-state index in [4.69, 9.17) is 5.73 Å². The number of hydrogen-bond donors (Lipinski definition) is 2. The highest BCUT2D eigenvalue weighted by atomic mass is 16.1. The maximum Gasteiger partial charge on any atom is 0.269 e. The van der Waals surface area contributed by atoms with E-state index in [0.29, 0.717) is 6.04 Å². The fraction of sp³-hybridized carbons (Fsp3) is 0.250. The predicted octanol–water partition coefficient (Wildman–Crippen LogP) is 1.55. The van der Waals surface area contributed by atoms with Crippen molar-refractivity contribution in [3.05, 3.63) is 30.0 Å². The van der Waals surface area contributed by atoms with Crippen molar-refractivity contribution >= 4 is 22.5 Å². The van der Waals surface area contributed by atoms with E-state index in [1.54, 1.807) is 6.07 Å². The van der Waals surface area contributed by atoms with Crippen LogP contribution in [-0.4, -0.2) is 22.1 Å². The SMILES string of the molecule is CC(C)Nc1ccc2nnc(C(N)=O)cc2c1. The molecule has 88 valence electrons. The standard InChI is InChI=1S/C12H14N4O/c1-7(2)14-9-3-4-10-8(5-9)6-11(12(13)17)16-15-10/h3-7,14H,1-2H3,(H2,13,17). The number of aromatic nitrogens is 2. The summed E-state index contributed by atoms with van der Waals surface area (Å²) in [5.41, 5.74) is 7.07. The van der Waals surface area contributed by atoms with E-state index in [2.05, 4.69) is 29.4 Å². The number of nitrogens with zero attached hydrogens (tertiary/aromatic N) is 2. The average Bonchev–Trinajstić information content (AvgIpc) is 2.27. The second-order valence-electron chi connectivity index (χ2n) is 4.17. The summed E-state index contributed by atoms with van der Waals surface area (Å²) in [7, 11) is 0. The molecule has 0 radical (unpaired) electrons. The number of primary amides is 1. The number of rotatable bonds is 3. The van der Waals surface area contributed by atoms with Gasteiger partial charge >= 0.3 is 0 Å². The fourth-order valence-corrected chi connectivity index (χ4v) is 1.59. The minimum Gasteiger partial charge on any atom is -0.383 e.